The minimum Gasteiger partial charge on any atom is -0.480 e. The summed E-state index contributed by atoms with van der Waals surface area (Å²) >= 11 is 1.20. The number of nitrogens with one attached hydrogen (secondary N) is 2. The highest BCUT2D eigenvalue weighted by Gasteiger charge is 2.49. The molecule has 138 valence electrons. The fraction of sp³-hybridized carbons (Fsp3) is 0.438. The molecule has 25 heavy (non-hydrogen) atoms. The van der Waals surface area contributed by atoms with E-state index in [1.807, 2.05) is 6.07 Å². The SMILES string of the molecule is CC1(C)SC(C(NC(=O)Cc2ccccc2)C(=O)O)NC1C(=O)O.O. The highest BCUT2D eigenvalue weighted by molar-refractivity contribution is 8.01. The molecule has 8 nitrogen and oxygen atoms in total. The van der Waals surface area contributed by atoms with Crippen LogP contribution in [-0.2, 0) is 20.8 Å². The predicted molar refractivity (Wildman–Crippen MR) is 93.3 cm³/mol. The second-order valence-corrected chi connectivity index (χ2v) is 7.92. The summed E-state index contributed by atoms with van der Waals surface area (Å²) in [7, 11) is 0. The molecule has 1 amide bonds. The highest BCUT2D eigenvalue weighted by atomic mass is 32.2. The van der Waals surface area contributed by atoms with E-state index in [0.717, 1.165) is 5.56 Å². The number of hydrogen-bond acceptors (Lipinski definition) is 5. The molecule has 3 unspecified atom stereocenters. The van der Waals surface area contributed by atoms with Crippen molar-refractivity contribution in [3.63, 3.8) is 0 Å². The fourth-order valence-electron chi connectivity index (χ4n) is 2.60. The van der Waals surface area contributed by atoms with Crippen LogP contribution in [0.4, 0.5) is 0 Å². The van der Waals surface area contributed by atoms with Crippen molar-refractivity contribution >= 4 is 29.6 Å². The average Bonchev–Trinajstić information content (AvgIpc) is 2.81. The monoisotopic (exact) mass is 370 g/mol. The van der Waals surface area contributed by atoms with Crippen LogP contribution in [0.25, 0.3) is 0 Å². The minimum absolute atomic E-state index is 0. The van der Waals surface area contributed by atoms with Crippen molar-refractivity contribution in [1.29, 1.82) is 0 Å². The summed E-state index contributed by atoms with van der Waals surface area (Å²) in [5.41, 5.74) is 0.773. The largest absolute Gasteiger partial charge is 0.480 e. The van der Waals surface area contributed by atoms with Gasteiger partial charge in [-0.3, -0.25) is 14.9 Å². The molecule has 0 aromatic heterocycles. The van der Waals surface area contributed by atoms with Gasteiger partial charge in [-0.05, 0) is 19.4 Å². The lowest BCUT2D eigenvalue weighted by Crippen LogP contribution is -2.54. The van der Waals surface area contributed by atoms with Crippen molar-refractivity contribution in [3.8, 4) is 0 Å². The molecule has 2 rings (SSSR count). The molecular formula is C16H22N2O6S. The Kier molecular flexibility index (Phi) is 6.97. The van der Waals surface area contributed by atoms with Gasteiger partial charge in [0.05, 0.1) is 11.8 Å². The normalized spacial score (nSPS) is 22.5. The fourth-order valence-corrected chi connectivity index (χ4v) is 4.08. The topological polar surface area (TPSA) is 147 Å². The number of hydrogen-bond donors (Lipinski definition) is 4. The minimum atomic E-state index is -1.21. The van der Waals surface area contributed by atoms with E-state index in [2.05, 4.69) is 10.6 Å². The van der Waals surface area contributed by atoms with Crippen LogP contribution in [-0.4, -0.2) is 55.7 Å². The second-order valence-electron chi connectivity index (χ2n) is 6.13. The lowest BCUT2D eigenvalue weighted by molar-refractivity contribution is -0.143. The van der Waals surface area contributed by atoms with Crippen LogP contribution in [0.15, 0.2) is 30.3 Å². The first-order valence-corrected chi connectivity index (χ1v) is 8.31. The molecular weight excluding hydrogens is 348 g/mol. The van der Waals surface area contributed by atoms with Crippen LogP contribution in [0, 0.1) is 0 Å². The van der Waals surface area contributed by atoms with Crippen LogP contribution in [0.1, 0.15) is 19.4 Å². The van der Waals surface area contributed by atoms with Crippen LogP contribution in [0.3, 0.4) is 0 Å². The lowest BCUT2D eigenvalue weighted by atomic mass is 10.0. The summed E-state index contributed by atoms with van der Waals surface area (Å²) < 4.78 is -0.686. The first-order valence-electron chi connectivity index (χ1n) is 7.43. The zero-order chi connectivity index (χ0) is 17.9. The summed E-state index contributed by atoms with van der Waals surface area (Å²) in [6, 6.07) is 6.88. The molecule has 1 aliphatic rings. The van der Waals surface area contributed by atoms with E-state index >= 15 is 0 Å². The van der Waals surface area contributed by atoms with Gasteiger partial charge in [0, 0.05) is 4.75 Å². The maximum absolute atomic E-state index is 12.1. The van der Waals surface area contributed by atoms with Crippen molar-refractivity contribution in [1.82, 2.24) is 10.6 Å². The molecule has 1 saturated heterocycles. The summed E-state index contributed by atoms with van der Waals surface area (Å²) in [5, 5.41) is 23.2. The first-order chi connectivity index (χ1) is 11.2. The summed E-state index contributed by atoms with van der Waals surface area (Å²) in [6.45, 7) is 3.46. The highest BCUT2D eigenvalue weighted by Crippen LogP contribution is 2.39. The van der Waals surface area contributed by atoms with Gasteiger partial charge in [-0.1, -0.05) is 30.3 Å². The van der Waals surface area contributed by atoms with Gasteiger partial charge in [0.1, 0.15) is 6.04 Å². The molecule has 9 heteroatoms. The van der Waals surface area contributed by atoms with Gasteiger partial charge in [-0.2, -0.15) is 0 Å². The molecule has 6 N–H and O–H groups in total. The smallest absolute Gasteiger partial charge is 0.328 e. The van der Waals surface area contributed by atoms with E-state index in [0.29, 0.717) is 0 Å². The van der Waals surface area contributed by atoms with E-state index in [4.69, 9.17) is 0 Å². The third kappa shape index (κ3) is 5.18. The Bertz CT molecular complexity index is 637. The second kappa shape index (κ2) is 8.32. The van der Waals surface area contributed by atoms with E-state index in [1.165, 1.54) is 11.8 Å². The van der Waals surface area contributed by atoms with Crippen molar-refractivity contribution in [2.45, 2.75) is 42.5 Å². The van der Waals surface area contributed by atoms with Gasteiger partial charge >= 0.3 is 11.9 Å². The van der Waals surface area contributed by atoms with Gasteiger partial charge in [0.15, 0.2) is 6.04 Å². The maximum Gasteiger partial charge on any atom is 0.328 e. The molecule has 0 radical (unpaired) electrons. The number of carbonyl (C=O) groups excluding carboxylic acids is 1. The number of carbonyl (C=O) groups is 3. The molecule has 1 aromatic carbocycles. The Morgan fingerprint density at radius 3 is 2.32 bits per heavy atom. The molecule has 3 atom stereocenters. The Morgan fingerprint density at radius 2 is 1.84 bits per heavy atom. The van der Waals surface area contributed by atoms with Crippen molar-refractivity contribution in [2.24, 2.45) is 0 Å². The Hall–Kier alpha value is -2.10. The standard InChI is InChI=1S/C16H20N2O5S.H2O/c1-16(2)12(15(22)23)18-13(24-16)11(14(20)21)17-10(19)8-9-6-4-3-5-7-9;/h3-7,11-13,18H,8H2,1-2H3,(H,17,19)(H,20,21)(H,22,23);1H2. The Morgan fingerprint density at radius 1 is 1.24 bits per heavy atom. The molecule has 1 heterocycles. The Labute approximate surface area is 149 Å². The first kappa shape index (κ1) is 20.9. The number of amides is 1. The maximum atomic E-state index is 12.1. The molecule has 0 bridgehead atoms. The summed E-state index contributed by atoms with van der Waals surface area (Å²) in [4.78, 5) is 35.0. The van der Waals surface area contributed by atoms with Crippen molar-refractivity contribution in [3.05, 3.63) is 35.9 Å². The third-order valence-corrected chi connectivity index (χ3v) is 5.30. The van der Waals surface area contributed by atoms with Crippen molar-refractivity contribution in [2.75, 3.05) is 0 Å². The number of carboxylic acid groups (broad SMARTS) is 2. The summed E-state index contributed by atoms with van der Waals surface area (Å²) in [5.74, 6) is -2.68. The summed E-state index contributed by atoms with van der Waals surface area (Å²) in [6.07, 6.45) is 0.0633. The average molecular weight is 370 g/mol. The zero-order valence-corrected chi connectivity index (χ0v) is 14.7. The molecule has 1 aromatic rings. The van der Waals surface area contributed by atoms with Crippen LogP contribution in [0.2, 0.25) is 0 Å². The van der Waals surface area contributed by atoms with E-state index < -0.39 is 40.1 Å². The predicted octanol–water partition coefficient (Wildman–Crippen LogP) is -0.132. The number of aliphatic carboxylic acids is 2. The third-order valence-electron chi connectivity index (χ3n) is 3.80. The number of carboxylic acids is 2. The molecule has 1 fully saturated rings. The van der Waals surface area contributed by atoms with Crippen LogP contribution < -0.4 is 10.6 Å². The van der Waals surface area contributed by atoms with E-state index in [9.17, 15) is 24.6 Å². The van der Waals surface area contributed by atoms with Gasteiger partial charge in [0.2, 0.25) is 5.91 Å². The lowest BCUT2D eigenvalue weighted by Gasteiger charge is -2.22. The number of rotatable bonds is 6. The van der Waals surface area contributed by atoms with Crippen LogP contribution in [0.5, 0.6) is 0 Å². The molecule has 0 saturated carbocycles. The number of thioether (sulfide) groups is 1. The molecule has 1 aliphatic heterocycles. The van der Waals surface area contributed by atoms with E-state index in [-0.39, 0.29) is 11.9 Å². The number of benzene rings is 1. The van der Waals surface area contributed by atoms with Gasteiger partial charge in [-0.15, -0.1) is 11.8 Å². The van der Waals surface area contributed by atoms with Gasteiger partial charge in [0.25, 0.3) is 0 Å². The van der Waals surface area contributed by atoms with Crippen molar-refractivity contribution < 1.29 is 30.1 Å². The Balaban J connectivity index is 0.00000312. The van der Waals surface area contributed by atoms with Gasteiger partial charge < -0.3 is 21.0 Å². The van der Waals surface area contributed by atoms with E-state index in [1.54, 1.807) is 38.1 Å². The zero-order valence-electron chi connectivity index (χ0n) is 13.9. The molecule has 0 spiro atoms. The quantitative estimate of drug-likeness (QED) is 0.545. The van der Waals surface area contributed by atoms with Crippen LogP contribution >= 0.6 is 11.8 Å². The molecule has 0 aliphatic carbocycles. The van der Waals surface area contributed by atoms with Gasteiger partial charge in [-0.25, -0.2) is 4.79 Å².